The number of alkyl halides is 1. The first-order valence-corrected chi connectivity index (χ1v) is 10.9. The number of ether oxygens (including phenoxy) is 1. The van der Waals surface area contributed by atoms with E-state index in [1.807, 2.05) is 0 Å². The summed E-state index contributed by atoms with van der Waals surface area (Å²) in [7, 11) is 0. The molecule has 0 saturated heterocycles. The van der Waals surface area contributed by atoms with E-state index in [4.69, 9.17) is 0 Å². The maximum atomic E-state index is 13.4. The molecule has 2 amide bonds. The van der Waals surface area contributed by atoms with Gasteiger partial charge in [0.05, 0.1) is 6.61 Å². The number of carbonyl (C=O) groups excluding carboxylic acids is 2. The first-order chi connectivity index (χ1) is 13.0. The lowest BCUT2D eigenvalue weighted by molar-refractivity contribution is -0.149. The van der Waals surface area contributed by atoms with E-state index >= 15 is 0 Å². The van der Waals surface area contributed by atoms with Gasteiger partial charge in [0.25, 0.3) is 0 Å². The first kappa shape index (κ1) is 22.0. The van der Waals surface area contributed by atoms with Gasteiger partial charge in [-0.05, 0) is 70.1 Å². The van der Waals surface area contributed by atoms with E-state index in [9.17, 15) is 14.0 Å². The Bertz CT molecular complexity index is 456. The highest BCUT2D eigenvalue weighted by atomic mass is 19.1. The van der Waals surface area contributed by atoms with Crippen LogP contribution in [0.2, 0.25) is 0 Å². The molecule has 0 aliphatic heterocycles. The summed E-state index contributed by atoms with van der Waals surface area (Å²) in [5.74, 6) is -0.752. The molecule has 0 aromatic rings. The van der Waals surface area contributed by atoms with E-state index in [1.165, 1.54) is 38.5 Å². The summed E-state index contributed by atoms with van der Waals surface area (Å²) < 4.78 is 18.1. The standard InChI is InChI=1S/C21H37FN2O3/c1-2-27-19(25)18(22)9-5-3-4-8-16-23-20(26)24-17-10-14-21(15-11-17)12-6-7-13-21/h17-18H,2-16H2,1H3,(H2,23,24,26). The Balaban J connectivity index is 1.44. The Morgan fingerprint density at radius 1 is 1.07 bits per heavy atom. The summed E-state index contributed by atoms with van der Waals surface area (Å²) in [6.07, 6.45) is 12.3. The number of carbonyl (C=O) groups is 2. The largest absolute Gasteiger partial charge is 0.464 e. The van der Waals surface area contributed by atoms with E-state index in [0.717, 1.165) is 32.1 Å². The molecule has 1 spiro atoms. The molecule has 0 radical (unpaired) electrons. The molecule has 0 bridgehead atoms. The summed E-state index contributed by atoms with van der Waals surface area (Å²) in [5, 5.41) is 6.04. The molecule has 0 aromatic heterocycles. The van der Waals surface area contributed by atoms with Crippen molar-refractivity contribution in [3.8, 4) is 0 Å². The molecule has 2 aliphatic rings. The van der Waals surface area contributed by atoms with Crippen molar-refractivity contribution in [2.75, 3.05) is 13.2 Å². The van der Waals surface area contributed by atoms with E-state index in [0.29, 0.717) is 24.4 Å². The van der Waals surface area contributed by atoms with E-state index in [2.05, 4.69) is 15.4 Å². The molecule has 27 heavy (non-hydrogen) atoms. The summed E-state index contributed by atoms with van der Waals surface area (Å²) >= 11 is 0. The fraction of sp³-hybridized carbons (Fsp3) is 0.905. The van der Waals surface area contributed by atoms with Gasteiger partial charge in [-0.15, -0.1) is 0 Å². The Kier molecular flexibility index (Phi) is 9.35. The maximum absolute atomic E-state index is 13.4. The number of hydrogen-bond acceptors (Lipinski definition) is 3. The molecule has 2 rings (SSSR count). The molecular formula is C21H37FN2O3. The second-order valence-corrected chi connectivity index (χ2v) is 8.30. The van der Waals surface area contributed by atoms with Crippen LogP contribution in [0.3, 0.4) is 0 Å². The highest BCUT2D eigenvalue weighted by Gasteiger charge is 2.37. The average molecular weight is 385 g/mol. The molecular weight excluding hydrogens is 347 g/mol. The maximum Gasteiger partial charge on any atom is 0.340 e. The molecule has 1 atom stereocenters. The molecule has 0 heterocycles. The van der Waals surface area contributed by atoms with Gasteiger partial charge < -0.3 is 15.4 Å². The van der Waals surface area contributed by atoms with Crippen LogP contribution in [0.5, 0.6) is 0 Å². The minimum absolute atomic E-state index is 0.0616. The lowest BCUT2D eigenvalue weighted by Crippen LogP contribution is -2.45. The third-order valence-electron chi connectivity index (χ3n) is 6.26. The van der Waals surface area contributed by atoms with Crippen molar-refractivity contribution in [1.82, 2.24) is 10.6 Å². The van der Waals surface area contributed by atoms with Crippen molar-refractivity contribution < 1.29 is 18.7 Å². The molecule has 1 unspecified atom stereocenters. The van der Waals surface area contributed by atoms with Crippen LogP contribution < -0.4 is 10.6 Å². The first-order valence-electron chi connectivity index (χ1n) is 10.9. The van der Waals surface area contributed by atoms with Crippen LogP contribution >= 0.6 is 0 Å². The number of nitrogens with one attached hydrogen (secondary N) is 2. The fourth-order valence-corrected chi connectivity index (χ4v) is 4.59. The predicted molar refractivity (Wildman–Crippen MR) is 104 cm³/mol. The van der Waals surface area contributed by atoms with Crippen LogP contribution in [-0.4, -0.2) is 37.4 Å². The van der Waals surface area contributed by atoms with E-state index in [-0.39, 0.29) is 19.1 Å². The zero-order valence-corrected chi connectivity index (χ0v) is 16.9. The quantitative estimate of drug-likeness (QED) is 0.426. The minimum Gasteiger partial charge on any atom is -0.464 e. The van der Waals surface area contributed by atoms with Crippen molar-refractivity contribution in [1.29, 1.82) is 0 Å². The topological polar surface area (TPSA) is 67.4 Å². The molecule has 2 aliphatic carbocycles. The Morgan fingerprint density at radius 3 is 2.41 bits per heavy atom. The monoisotopic (exact) mass is 384 g/mol. The Morgan fingerprint density at radius 2 is 1.74 bits per heavy atom. The van der Waals surface area contributed by atoms with Gasteiger partial charge in [-0.25, -0.2) is 14.0 Å². The summed E-state index contributed by atoms with van der Waals surface area (Å²) in [6, 6.07) is 0.258. The third-order valence-corrected chi connectivity index (χ3v) is 6.26. The summed E-state index contributed by atoms with van der Waals surface area (Å²) in [4.78, 5) is 23.2. The van der Waals surface area contributed by atoms with Crippen molar-refractivity contribution in [2.24, 2.45) is 5.41 Å². The third kappa shape index (κ3) is 7.67. The number of unbranched alkanes of at least 4 members (excludes halogenated alkanes) is 3. The van der Waals surface area contributed by atoms with Crippen molar-refractivity contribution in [3.05, 3.63) is 0 Å². The van der Waals surface area contributed by atoms with E-state index in [1.54, 1.807) is 6.92 Å². The van der Waals surface area contributed by atoms with Crippen LogP contribution in [0.4, 0.5) is 9.18 Å². The van der Waals surface area contributed by atoms with Crippen molar-refractivity contribution in [2.45, 2.75) is 103 Å². The number of hydrogen-bond donors (Lipinski definition) is 2. The predicted octanol–water partition coefficient (Wildman–Crippen LogP) is 4.64. The number of rotatable bonds is 10. The zero-order chi connectivity index (χ0) is 19.5. The zero-order valence-electron chi connectivity index (χ0n) is 16.9. The van der Waals surface area contributed by atoms with Gasteiger partial charge >= 0.3 is 12.0 Å². The Labute approximate surface area is 163 Å². The highest BCUT2D eigenvalue weighted by Crippen LogP contribution is 2.48. The number of esters is 1. The van der Waals surface area contributed by atoms with Crippen LogP contribution in [-0.2, 0) is 9.53 Å². The van der Waals surface area contributed by atoms with Crippen LogP contribution in [0.1, 0.15) is 90.4 Å². The molecule has 5 nitrogen and oxygen atoms in total. The normalized spacial score (nSPS) is 20.4. The van der Waals surface area contributed by atoms with Gasteiger partial charge in [0.2, 0.25) is 0 Å². The van der Waals surface area contributed by atoms with Crippen molar-refractivity contribution >= 4 is 12.0 Å². The molecule has 2 saturated carbocycles. The lowest BCUT2D eigenvalue weighted by atomic mass is 9.71. The molecule has 2 N–H and O–H groups in total. The molecule has 0 aromatic carbocycles. The van der Waals surface area contributed by atoms with Gasteiger partial charge in [-0.2, -0.15) is 0 Å². The number of amides is 2. The van der Waals surface area contributed by atoms with Crippen LogP contribution in [0.15, 0.2) is 0 Å². The average Bonchev–Trinajstić information content (AvgIpc) is 3.11. The van der Waals surface area contributed by atoms with Crippen molar-refractivity contribution in [3.63, 3.8) is 0 Å². The lowest BCUT2D eigenvalue weighted by Gasteiger charge is -2.37. The van der Waals surface area contributed by atoms with Gasteiger partial charge in [-0.1, -0.05) is 25.7 Å². The highest BCUT2D eigenvalue weighted by molar-refractivity contribution is 5.74. The number of urea groups is 1. The molecule has 2 fully saturated rings. The summed E-state index contributed by atoms with van der Waals surface area (Å²) in [6.45, 7) is 2.53. The SMILES string of the molecule is CCOC(=O)C(F)CCCCCCNC(=O)NC1CCC2(CCCC2)CC1. The van der Waals surface area contributed by atoms with Gasteiger partial charge in [0.15, 0.2) is 6.17 Å². The van der Waals surface area contributed by atoms with Gasteiger partial charge in [-0.3, -0.25) is 0 Å². The van der Waals surface area contributed by atoms with Crippen LogP contribution in [0, 0.1) is 5.41 Å². The smallest absolute Gasteiger partial charge is 0.340 e. The van der Waals surface area contributed by atoms with Crippen LogP contribution in [0.25, 0.3) is 0 Å². The molecule has 6 heteroatoms. The number of halogens is 1. The van der Waals surface area contributed by atoms with Gasteiger partial charge in [0.1, 0.15) is 0 Å². The second kappa shape index (κ2) is 11.5. The second-order valence-electron chi connectivity index (χ2n) is 8.30. The minimum atomic E-state index is -1.51. The summed E-state index contributed by atoms with van der Waals surface area (Å²) in [5.41, 5.74) is 0.598. The fourth-order valence-electron chi connectivity index (χ4n) is 4.59. The Hall–Kier alpha value is -1.33. The molecule has 156 valence electrons. The van der Waals surface area contributed by atoms with E-state index < -0.39 is 12.1 Å². The van der Waals surface area contributed by atoms with Gasteiger partial charge in [0, 0.05) is 12.6 Å².